The third-order valence-corrected chi connectivity index (χ3v) is 7.72. The Balaban J connectivity index is 1.43. The van der Waals surface area contributed by atoms with E-state index in [9.17, 15) is 5.11 Å². The van der Waals surface area contributed by atoms with Crippen LogP contribution in [-0.4, -0.2) is 61.4 Å². The lowest BCUT2D eigenvalue weighted by Gasteiger charge is -2.39. The molecule has 5 rings (SSSR count). The molecule has 0 radical (unpaired) electrons. The number of aromatic hydroxyl groups is 1. The summed E-state index contributed by atoms with van der Waals surface area (Å²) in [6.45, 7) is 9.96. The maximum atomic E-state index is 9.85. The highest BCUT2D eigenvalue weighted by atomic mass is 32.1. The molecular formula is C24H29N7OS. The molecule has 3 heterocycles. The van der Waals surface area contributed by atoms with E-state index in [1.54, 1.807) is 23.5 Å². The first-order chi connectivity index (χ1) is 16.0. The van der Waals surface area contributed by atoms with Gasteiger partial charge in [-0.05, 0) is 60.5 Å². The van der Waals surface area contributed by atoms with Gasteiger partial charge in [-0.25, -0.2) is 9.67 Å². The molecule has 2 aromatic carbocycles. The van der Waals surface area contributed by atoms with Crippen LogP contribution in [0, 0.1) is 0 Å². The van der Waals surface area contributed by atoms with Crippen LogP contribution in [0.1, 0.15) is 44.6 Å². The molecule has 0 spiro atoms. The fraction of sp³-hybridized carbons (Fsp3) is 0.417. The van der Waals surface area contributed by atoms with Gasteiger partial charge in [0.2, 0.25) is 0 Å². The number of hydrogen-bond donors (Lipinski definition) is 1. The smallest absolute Gasteiger partial charge is 0.186 e. The topological polar surface area (TPSA) is 83.2 Å². The van der Waals surface area contributed by atoms with Crippen molar-refractivity contribution in [2.75, 3.05) is 31.1 Å². The van der Waals surface area contributed by atoms with Crippen molar-refractivity contribution in [2.45, 2.75) is 38.8 Å². The molecule has 0 amide bonds. The average Bonchev–Trinajstić information content (AvgIpc) is 3.49. The lowest BCUT2D eigenvalue weighted by atomic mass is 9.99. The molecule has 9 heteroatoms. The molecule has 33 heavy (non-hydrogen) atoms. The van der Waals surface area contributed by atoms with E-state index in [4.69, 9.17) is 4.98 Å². The minimum absolute atomic E-state index is 0.0936. The predicted octanol–water partition coefficient (Wildman–Crippen LogP) is 4.05. The number of nitrogens with zero attached hydrogens (tertiary/aromatic N) is 7. The third-order valence-electron chi connectivity index (χ3n) is 6.62. The third kappa shape index (κ3) is 4.18. The summed E-state index contributed by atoms with van der Waals surface area (Å²) in [5, 5.41) is 23.8. The summed E-state index contributed by atoms with van der Waals surface area (Å²) >= 11 is 1.75. The van der Waals surface area contributed by atoms with Gasteiger partial charge >= 0.3 is 0 Å². The Labute approximate surface area is 197 Å². The van der Waals surface area contributed by atoms with E-state index >= 15 is 0 Å². The van der Waals surface area contributed by atoms with Gasteiger partial charge < -0.3 is 10.0 Å². The lowest BCUT2D eigenvalue weighted by Crippen LogP contribution is -2.48. The van der Waals surface area contributed by atoms with Crippen LogP contribution in [0.3, 0.4) is 0 Å². The van der Waals surface area contributed by atoms with Gasteiger partial charge in [0, 0.05) is 26.2 Å². The number of para-hydroxylation sites is 1. The second-order valence-electron chi connectivity index (χ2n) is 9.10. The van der Waals surface area contributed by atoms with Crippen molar-refractivity contribution in [1.29, 1.82) is 0 Å². The van der Waals surface area contributed by atoms with Gasteiger partial charge in [-0.2, -0.15) is 0 Å². The molecule has 1 N–H and O–H groups in total. The fourth-order valence-electron chi connectivity index (χ4n) is 4.29. The molecule has 8 nitrogen and oxygen atoms in total. The van der Waals surface area contributed by atoms with Crippen molar-refractivity contribution < 1.29 is 5.11 Å². The summed E-state index contributed by atoms with van der Waals surface area (Å²) in [5.41, 5.74) is 1.93. The first kappa shape index (κ1) is 21.8. The van der Waals surface area contributed by atoms with Crippen LogP contribution in [0.15, 0.2) is 48.5 Å². The van der Waals surface area contributed by atoms with Gasteiger partial charge in [0.25, 0.3) is 0 Å². The molecule has 1 aliphatic heterocycles. The SMILES string of the molecule is CCC(C)(C)n1nnnc1[C@@H](c1ccc(O)cc1)N1CCN(c2nc3ccccc3s2)CC1. The summed E-state index contributed by atoms with van der Waals surface area (Å²) in [6.07, 6.45) is 0.915. The number of hydrogen-bond acceptors (Lipinski definition) is 8. The number of thiazole rings is 1. The Morgan fingerprint density at radius 1 is 1.03 bits per heavy atom. The Hall–Kier alpha value is -3.04. The van der Waals surface area contributed by atoms with E-state index in [1.165, 1.54) is 4.70 Å². The van der Waals surface area contributed by atoms with Crippen molar-refractivity contribution >= 4 is 26.7 Å². The maximum absolute atomic E-state index is 9.85. The summed E-state index contributed by atoms with van der Waals surface area (Å²) in [7, 11) is 0. The minimum Gasteiger partial charge on any atom is -0.508 e. The zero-order valence-electron chi connectivity index (χ0n) is 19.2. The number of piperazine rings is 1. The molecule has 0 saturated carbocycles. The number of aromatic nitrogens is 5. The first-order valence-electron chi connectivity index (χ1n) is 11.4. The Morgan fingerprint density at radius 2 is 1.76 bits per heavy atom. The van der Waals surface area contributed by atoms with Gasteiger partial charge in [-0.1, -0.05) is 42.5 Å². The molecule has 172 valence electrons. The summed E-state index contributed by atoms with van der Waals surface area (Å²) in [6, 6.07) is 15.6. The molecule has 1 aliphatic rings. The van der Waals surface area contributed by atoms with E-state index < -0.39 is 0 Å². The summed E-state index contributed by atoms with van der Waals surface area (Å²) in [5.74, 6) is 1.09. The number of phenolic OH excluding ortho intramolecular Hbond substituents is 1. The Bertz CT molecular complexity index is 1190. The molecule has 0 aliphatic carbocycles. The Kier molecular flexibility index (Phi) is 5.76. The number of fused-ring (bicyclic) bond motifs is 1. The number of benzene rings is 2. The normalized spacial score (nSPS) is 16.4. The van der Waals surface area contributed by atoms with Crippen molar-refractivity contribution in [3.05, 3.63) is 59.9 Å². The summed E-state index contributed by atoms with van der Waals surface area (Å²) < 4.78 is 3.18. The molecule has 0 bridgehead atoms. The zero-order chi connectivity index (χ0) is 23.0. The van der Waals surface area contributed by atoms with Gasteiger partial charge in [0.15, 0.2) is 11.0 Å². The average molecular weight is 464 g/mol. The second-order valence-corrected chi connectivity index (χ2v) is 10.1. The van der Waals surface area contributed by atoms with Crippen molar-refractivity contribution in [2.24, 2.45) is 0 Å². The van der Waals surface area contributed by atoms with E-state index in [2.05, 4.69) is 64.3 Å². The molecule has 1 fully saturated rings. The van der Waals surface area contributed by atoms with Gasteiger partial charge in [-0.15, -0.1) is 5.10 Å². The summed E-state index contributed by atoms with van der Waals surface area (Å²) in [4.78, 5) is 9.65. The second kappa shape index (κ2) is 8.72. The van der Waals surface area contributed by atoms with E-state index in [0.717, 1.165) is 54.6 Å². The standard InChI is InChI=1S/C24H29N7OS/c1-4-24(2,3)31-22(26-27-28-31)21(17-9-11-18(32)12-10-17)29-13-15-30(16-14-29)23-25-19-7-5-6-8-20(19)33-23/h5-12,21,32H,4,13-16H2,1-3H3/t21-/m1/s1. The highest BCUT2D eigenvalue weighted by Gasteiger charge is 2.34. The van der Waals surface area contributed by atoms with E-state index in [1.807, 2.05) is 22.9 Å². The number of phenols is 1. The predicted molar refractivity (Wildman–Crippen MR) is 131 cm³/mol. The van der Waals surface area contributed by atoms with Gasteiger partial charge in [-0.3, -0.25) is 4.90 Å². The molecule has 0 unspecified atom stereocenters. The van der Waals surface area contributed by atoms with Crippen LogP contribution in [0.2, 0.25) is 0 Å². The minimum atomic E-state index is -0.198. The van der Waals surface area contributed by atoms with Crippen LogP contribution < -0.4 is 4.90 Å². The maximum Gasteiger partial charge on any atom is 0.186 e. The van der Waals surface area contributed by atoms with Crippen LogP contribution in [0.4, 0.5) is 5.13 Å². The number of anilines is 1. The van der Waals surface area contributed by atoms with Crippen LogP contribution in [0.25, 0.3) is 10.2 Å². The highest BCUT2D eigenvalue weighted by Crippen LogP contribution is 2.34. The van der Waals surface area contributed by atoms with Crippen LogP contribution >= 0.6 is 11.3 Å². The van der Waals surface area contributed by atoms with Crippen LogP contribution in [-0.2, 0) is 5.54 Å². The quantitative estimate of drug-likeness (QED) is 0.462. The molecule has 1 atom stereocenters. The van der Waals surface area contributed by atoms with Gasteiger partial charge in [0.1, 0.15) is 5.75 Å². The van der Waals surface area contributed by atoms with Gasteiger partial charge in [0.05, 0.1) is 21.8 Å². The Morgan fingerprint density at radius 3 is 2.45 bits per heavy atom. The largest absolute Gasteiger partial charge is 0.508 e. The monoisotopic (exact) mass is 463 g/mol. The van der Waals surface area contributed by atoms with Crippen molar-refractivity contribution in [3.63, 3.8) is 0 Å². The molecule has 4 aromatic rings. The van der Waals surface area contributed by atoms with E-state index in [0.29, 0.717) is 0 Å². The molecule has 1 saturated heterocycles. The first-order valence-corrected chi connectivity index (χ1v) is 12.2. The number of rotatable bonds is 6. The zero-order valence-corrected chi connectivity index (χ0v) is 20.0. The lowest BCUT2D eigenvalue weighted by molar-refractivity contribution is 0.187. The number of tetrazole rings is 1. The molecular weight excluding hydrogens is 434 g/mol. The van der Waals surface area contributed by atoms with E-state index in [-0.39, 0.29) is 17.3 Å². The van der Waals surface area contributed by atoms with Crippen molar-refractivity contribution in [3.8, 4) is 5.75 Å². The molecule has 2 aromatic heterocycles. The van der Waals surface area contributed by atoms with Crippen LogP contribution in [0.5, 0.6) is 5.75 Å². The van der Waals surface area contributed by atoms with Crippen molar-refractivity contribution in [1.82, 2.24) is 30.1 Å². The highest BCUT2D eigenvalue weighted by molar-refractivity contribution is 7.22. The fourth-order valence-corrected chi connectivity index (χ4v) is 5.31.